The molecule has 0 atom stereocenters. The summed E-state index contributed by atoms with van der Waals surface area (Å²) in [6.45, 7) is 4.66. The molecule has 0 aliphatic rings. The van der Waals surface area contributed by atoms with Crippen molar-refractivity contribution in [3.8, 4) is 6.07 Å². The van der Waals surface area contributed by atoms with Gasteiger partial charge in [-0.3, -0.25) is 14.9 Å². The number of nitriles is 1. The number of rotatable bonds is 4. The van der Waals surface area contributed by atoms with Gasteiger partial charge >= 0.3 is 6.16 Å². The first-order chi connectivity index (χ1) is 11.5. The molecule has 0 N–H and O–H groups in total. The van der Waals surface area contributed by atoms with Crippen LogP contribution in [0.25, 0.3) is 5.76 Å². The molecule has 0 heterocycles. The Morgan fingerprint density at radius 1 is 1.32 bits per heavy atom. The molecule has 0 aliphatic carbocycles. The van der Waals surface area contributed by atoms with Crippen LogP contribution in [0.2, 0.25) is 5.02 Å². The molecule has 0 saturated carbocycles. The average Bonchev–Trinajstić information content (AvgIpc) is 2.53. The van der Waals surface area contributed by atoms with Crippen LogP contribution in [0, 0.1) is 26.9 Å². The van der Waals surface area contributed by atoms with Crippen LogP contribution in [0.1, 0.15) is 26.3 Å². The van der Waals surface area contributed by atoms with Crippen molar-refractivity contribution in [3.05, 3.63) is 44.5 Å². The van der Waals surface area contributed by atoms with Gasteiger partial charge in [0.05, 0.1) is 17.6 Å². The second-order valence-electron chi connectivity index (χ2n) is 5.87. The maximum Gasteiger partial charge on any atom is 0.513 e. The van der Waals surface area contributed by atoms with E-state index >= 15 is 0 Å². The number of Topliss-reactive ketones (excluding diaryl/α,β-unsaturated/α-hetero) is 1. The number of allylic oxidation sites excluding steroid dienone is 1. The van der Waals surface area contributed by atoms with Crippen LogP contribution in [0.4, 0.5) is 10.5 Å². The first-order valence-electron chi connectivity index (χ1n) is 6.92. The van der Waals surface area contributed by atoms with Crippen LogP contribution in [-0.4, -0.2) is 24.0 Å². The lowest BCUT2D eigenvalue weighted by molar-refractivity contribution is -0.385. The van der Waals surface area contributed by atoms with E-state index in [1.54, 1.807) is 26.8 Å². The first-order valence-corrected chi connectivity index (χ1v) is 7.30. The molecule has 1 rings (SSSR count). The summed E-state index contributed by atoms with van der Waals surface area (Å²) in [5, 5.41) is 20.8. The third kappa shape index (κ3) is 4.78. The fourth-order valence-corrected chi connectivity index (χ4v) is 1.96. The van der Waals surface area contributed by atoms with E-state index in [-0.39, 0.29) is 10.6 Å². The van der Waals surface area contributed by atoms with Gasteiger partial charge < -0.3 is 9.47 Å². The van der Waals surface area contributed by atoms with E-state index < -0.39 is 39.3 Å². The standard InChI is InChI=1S/C16H15ClN2O6/c1-16(2,3)14(20)11(8-18)13(25-15(21)24-4)10-6-5-9(17)7-12(10)19(22)23/h5-7H,1-4H3/b13-11-. The Bertz CT molecular complexity index is 802. The number of nitrogens with zero attached hydrogens (tertiary/aromatic N) is 2. The van der Waals surface area contributed by atoms with Crippen molar-refractivity contribution in [2.45, 2.75) is 20.8 Å². The molecule has 0 aromatic heterocycles. The molecule has 0 saturated heterocycles. The molecule has 0 aliphatic heterocycles. The monoisotopic (exact) mass is 366 g/mol. The van der Waals surface area contributed by atoms with E-state index in [4.69, 9.17) is 16.3 Å². The molecule has 9 heteroatoms. The van der Waals surface area contributed by atoms with Gasteiger partial charge in [-0.15, -0.1) is 0 Å². The van der Waals surface area contributed by atoms with E-state index in [1.165, 1.54) is 12.1 Å². The maximum atomic E-state index is 12.5. The number of carbonyl (C=O) groups is 2. The van der Waals surface area contributed by atoms with Crippen molar-refractivity contribution in [2.24, 2.45) is 5.41 Å². The molecule has 25 heavy (non-hydrogen) atoms. The average molecular weight is 367 g/mol. The van der Waals surface area contributed by atoms with Crippen LogP contribution in [0.5, 0.6) is 0 Å². The van der Waals surface area contributed by atoms with Crippen LogP contribution >= 0.6 is 11.6 Å². The highest BCUT2D eigenvalue weighted by molar-refractivity contribution is 6.30. The number of methoxy groups -OCH3 is 1. The number of hydrogen-bond acceptors (Lipinski definition) is 7. The number of nitro benzene ring substituents is 1. The van der Waals surface area contributed by atoms with Crippen LogP contribution in [0.3, 0.4) is 0 Å². The fourth-order valence-electron chi connectivity index (χ4n) is 1.79. The third-order valence-electron chi connectivity index (χ3n) is 3.00. The highest BCUT2D eigenvalue weighted by atomic mass is 35.5. The Labute approximate surface area is 148 Å². The van der Waals surface area contributed by atoms with E-state index in [9.17, 15) is 25.0 Å². The maximum absolute atomic E-state index is 12.5. The predicted molar refractivity (Wildman–Crippen MR) is 88.6 cm³/mol. The summed E-state index contributed by atoms with van der Waals surface area (Å²) in [5.41, 5.74) is -2.30. The number of nitro groups is 1. The van der Waals surface area contributed by atoms with Crippen molar-refractivity contribution in [1.29, 1.82) is 5.26 Å². The predicted octanol–water partition coefficient (Wildman–Crippen LogP) is 3.88. The highest BCUT2D eigenvalue weighted by Gasteiger charge is 2.32. The van der Waals surface area contributed by atoms with Gasteiger partial charge in [-0.05, 0) is 12.1 Å². The molecule has 0 bridgehead atoms. The summed E-state index contributed by atoms with van der Waals surface area (Å²) in [7, 11) is 1.02. The lowest BCUT2D eigenvalue weighted by Crippen LogP contribution is -2.23. The fraction of sp³-hybridized carbons (Fsp3) is 0.312. The quantitative estimate of drug-likeness (QED) is 0.198. The lowest BCUT2D eigenvalue weighted by Gasteiger charge is -2.18. The summed E-state index contributed by atoms with van der Waals surface area (Å²) in [6, 6.07) is 5.17. The zero-order valence-electron chi connectivity index (χ0n) is 14.0. The highest BCUT2D eigenvalue weighted by Crippen LogP contribution is 2.34. The smallest absolute Gasteiger partial charge is 0.437 e. The van der Waals surface area contributed by atoms with Gasteiger partial charge in [0.2, 0.25) is 0 Å². The molecule has 0 radical (unpaired) electrons. The lowest BCUT2D eigenvalue weighted by atomic mass is 9.85. The second kappa shape index (κ2) is 7.77. The molecule has 0 unspecified atom stereocenters. The summed E-state index contributed by atoms with van der Waals surface area (Å²) in [6.07, 6.45) is -1.23. The Balaban J connectivity index is 3.79. The van der Waals surface area contributed by atoms with Gasteiger partial charge in [0.1, 0.15) is 11.6 Å². The zero-order valence-corrected chi connectivity index (χ0v) is 14.7. The second-order valence-corrected chi connectivity index (χ2v) is 6.31. The number of carbonyl (C=O) groups excluding carboxylic acids is 2. The topological polar surface area (TPSA) is 120 Å². The number of benzene rings is 1. The minimum atomic E-state index is -1.23. The van der Waals surface area contributed by atoms with E-state index in [0.29, 0.717) is 0 Å². The number of halogens is 1. The van der Waals surface area contributed by atoms with Crippen molar-refractivity contribution >= 4 is 35.0 Å². The number of ether oxygens (including phenoxy) is 2. The van der Waals surface area contributed by atoms with Gasteiger partial charge in [0.15, 0.2) is 11.5 Å². The van der Waals surface area contributed by atoms with Crippen LogP contribution in [-0.2, 0) is 14.3 Å². The van der Waals surface area contributed by atoms with Gasteiger partial charge in [-0.2, -0.15) is 5.26 Å². The normalized spacial score (nSPS) is 11.8. The molecule has 132 valence electrons. The van der Waals surface area contributed by atoms with Crippen molar-refractivity contribution in [2.75, 3.05) is 7.11 Å². The molecule has 1 aromatic rings. The Morgan fingerprint density at radius 2 is 1.92 bits per heavy atom. The van der Waals surface area contributed by atoms with Crippen molar-refractivity contribution < 1.29 is 24.0 Å². The summed E-state index contributed by atoms with van der Waals surface area (Å²) < 4.78 is 9.29. The van der Waals surface area contributed by atoms with Gasteiger partial charge in [0, 0.05) is 16.5 Å². The summed E-state index contributed by atoms with van der Waals surface area (Å²) in [5.74, 6) is -1.21. The number of ketones is 1. The molecule has 0 fully saturated rings. The van der Waals surface area contributed by atoms with Crippen LogP contribution < -0.4 is 0 Å². The molecular formula is C16H15ClN2O6. The van der Waals surface area contributed by atoms with Gasteiger partial charge in [-0.25, -0.2) is 4.79 Å². The molecular weight excluding hydrogens is 352 g/mol. The van der Waals surface area contributed by atoms with E-state index in [0.717, 1.165) is 13.2 Å². The van der Waals surface area contributed by atoms with Gasteiger partial charge in [0.25, 0.3) is 5.69 Å². The molecule has 1 aromatic carbocycles. The Kier molecular flexibility index (Phi) is 6.25. The zero-order chi connectivity index (χ0) is 19.4. The molecule has 0 spiro atoms. The van der Waals surface area contributed by atoms with Gasteiger partial charge in [-0.1, -0.05) is 32.4 Å². The summed E-state index contributed by atoms with van der Waals surface area (Å²) >= 11 is 5.76. The molecule has 0 amide bonds. The summed E-state index contributed by atoms with van der Waals surface area (Å²) in [4.78, 5) is 34.6. The SMILES string of the molecule is COC(=O)O/C(=C(/C#N)C(=O)C(C)(C)C)c1ccc(Cl)cc1[N+](=O)[O-]. The van der Waals surface area contributed by atoms with Crippen LogP contribution in [0.15, 0.2) is 23.8 Å². The minimum absolute atomic E-state index is 0.0634. The van der Waals surface area contributed by atoms with E-state index in [2.05, 4.69) is 4.74 Å². The Hall–Kier alpha value is -2.92. The largest absolute Gasteiger partial charge is 0.513 e. The van der Waals surface area contributed by atoms with Crippen molar-refractivity contribution in [3.63, 3.8) is 0 Å². The minimum Gasteiger partial charge on any atom is -0.437 e. The Morgan fingerprint density at radius 3 is 2.36 bits per heavy atom. The molecule has 8 nitrogen and oxygen atoms in total. The van der Waals surface area contributed by atoms with Crippen molar-refractivity contribution in [1.82, 2.24) is 0 Å². The third-order valence-corrected chi connectivity index (χ3v) is 3.24. The number of hydrogen-bond donors (Lipinski definition) is 0. The first kappa shape index (κ1) is 20.1. The van der Waals surface area contributed by atoms with E-state index in [1.807, 2.05) is 0 Å².